The molecule has 14 heavy (non-hydrogen) atoms. The van der Waals surface area contributed by atoms with Gasteiger partial charge >= 0.3 is 5.97 Å². The lowest BCUT2D eigenvalue weighted by atomic mass is 9.68. The van der Waals surface area contributed by atoms with Crippen molar-refractivity contribution in [1.29, 1.82) is 0 Å². The van der Waals surface area contributed by atoms with Gasteiger partial charge in [0, 0.05) is 5.41 Å². The highest BCUT2D eigenvalue weighted by molar-refractivity contribution is 5.72. The van der Waals surface area contributed by atoms with E-state index in [1.165, 1.54) is 12.8 Å². The second kappa shape index (κ2) is 3.25. The molecule has 0 aromatic rings. The molecule has 1 heterocycles. The van der Waals surface area contributed by atoms with Gasteiger partial charge in [0.15, 0.2) is 0 Å². The normalized spacial score (nSPS) is 42.4. The number of rotatable bonds is 1. The Morgan fingerprint density at radius 2 is 2.14 bits per heavy atom. The molecule has 2 rings (SSSR count). The molecule has 1 spiro atoms. The average molecular weight is 196 g/mol. The zero-order valence-corrected chi connectivity index (χ0v) is 9.38. The second-order valence-electron chi connectivity index (χ2n) is 5.40. The maximum atomic E-state index is 11.3. The van der Waals surface area contributed by atoms with E-state index in [1.54, 1.807) is 0 Å². The molecule has 2 heteroatoms. The maximum Gasteiger partial charge on any atom is 0.306 e. The topological polar surface area (TPSA) is 26.3 Å². The van der Waals surface area contributed by atoms with Crippen molar-refractivity contribution in [2.75, 3.05) is 6.61 Å². The lowest BCUT2D eigenvalue weighted by Crippen LogP contribution is -2.34. The summed E-state index contributed by atoms with van der Waals surface area (Å²) in [6.07, 6.45) is 3.20. The Kier molecular flexibility index (Phi) is 2.32. The van der Waals surface area contributed by atoms with E-state index < -0.39 is 0 Å². The molecule has 1 saturated carbocycles. The predicted octanol–water partition coefficient (Wildman–Crippen LogP) is 2.62. The van der Waals surface area contributed by atoms with Crippen molar-refractivity contribution in [3.05, 3.63) is 0 Å². The molecule has 1 aliphatic heterocycles. The summed E-state index contributed by atoms with van der Waals surface area (Å²) in [5.74, 6) is 2.03. The van der Waals surface area contributed by atoms with Crippen molar-refractivity contribution in [3.63, 3.8) is 0 Å². The standard InChI is InChI=1S/C12H20O2/c1-8(2)10-5-4-9(3)12(10)6-11(13)14-7-12/h8-10H,4-7H2,1-3H3/t9-,10+,12+/m1/s1. The van der Waals surface area contributed by atoms with E-state index in [-0.39, 0.29) is 11.4 Å². The summed E-state index contributed by atoms with van der Waals surface area (Å²) >= 11 is 0. The number of esters is 1. The molecule has 80 valence electrons. The lowest BCUT2D eigenvalue weighted by molar-refractivity contribution is -0.137. The Hall–Kier alpha value is -0.530. The van der Waals surface area contributed by atoms with E-state index in [9.17, 15) is 4.79 Å². The van der Waals surface area contributed by atoms with Crippen molar-refractivity contribution in [3.8, 4) is 0 Å². The van der Waals surface area contributed by atoms with Crippen molar-refractivity contribution in [1.82, 2.24) is 0 Å². The van der Waals surface area contributed by atoms with Gasteiger partial charge in [-0.1, -0.05) is 20.8 Å². The molecule has 0 unspecified atom stereocenters. The van der Waals surface area contributed by atoms with Gasteiger partial charge in [-0.2, -0.15) is 0 Å². The number of hydrogen-bond acceptors (Lipinski definition) is 2. The highest BCUT2D eigenvalue weighted by Crippen LogP contribution is 2.55. The lowest BCUT2D eigenvalue weighted by Gasteiger charge is -2.34. The van der Waals surface area contributed by atoms with Crippen LogP contribution in [0.25, 0.3) is 0 Å². The quantitative estimate of drug-likeness (QED) is 0.603. The third kappa shape index (κ3) is 1.27. The highest BCUT2D eigenvalue weighted by atomic mass is 16.5. The van der Waals surface area contributed by atoms with Gasteiger partial charge in [-0.05, 0) is 30.6 Å². The zero-order valence-electron chi connectivity index (χ0n) is 9.38. The van der Waals surface area contributed by atoms with Gasteiger partial charge in [-0.15, -0.1) is 0 Å². The van der Waals surface area contributed by atoms with Crippen LogP contribution in [0.15, 0.2) is 0 Å². The van der Waals surface area contributed by atoms with E-state index in [0.717, 1.165) is 0 Å². The molecule has 1 saturated heterocycles. The molecule has 0 aromatic heterocycles. The summed E-state index contributed by atoms with van der Waals surface area (Å²) in [7, 11) is 0. The number of carbonyl (C=O) groups excluding carboxylic acids is 1. The van der Waals surface area contributed by atoms with E-state index in [4.69, 9.17) is 4.74 Å². The van der Waals surface area contributed by atoms with Gasteiger partial charge in [-0.25, -0.2) is 0 Å². The van der Waals surface area contributed by atoms with Gasteiger partial charge < -0.3 is 4.74 Å². The Morgan fingerprint density at radius 1 is 1.43 bits per heavy atom. The Morgan fingerprint density at radius 3 is 2.64 bits per heavy atom. The zero-order chi connectivity index (χ0) is 10.3. The van der Waals surface area contributed by atoms with Crippen LogP contribution in [0.1, 0.15) is 40.0 Å². The van der Waals surface area contributed by atoms with Crippen LogP contribution in [0.3, 0.4) is 0 Å². The molecular weight excluding hydrogens is 176 g/mol. The molecule has 0 radical (unpaired) electrons. The summed E-state index contributed by atoms with van der Waals surface area (Å²) < 4.78 is 5.20. The number of carbonyl (C=O) groups is 1. The molecule has 2 fully saturated rings. The van der Waals surface area contributed by atoms with Crippen LogP contribution < -0.4 is 0 Å². The average Bonchev–Trinajstić information content (AvgIpc) is 2.61. The van der Waals surface area contributed by atoms with Gasteiger partial charge in [0.2, 0.25) is 0 Å². The van der Waals surface area contributed by atoms with Crippen LogP contribution in [0.2, 0.25) is 0 Å². The SMILES string of the molecule is CC(C)[C@@H]1CC[C@@H](C)[C@]12COC(=O)C2. The first kappa shape index (κ1) is 10.0. The summed E-state index contributed by atoms with van der Waals surface area (Å²) in [6, 6.07) is 0. The minimum Gasteiger partial charge on any atom is -0.465 e. The molecule has 2 aliphatic rings. The van der Waals surface area contributed by atoms with Crippen LogP contribution in [0.5, 0.6) is 0 Å². The Balaban J connectivity index is 2.24. The van der Waals surface area contributed by atoms with Gasteiger partial charge in [0.05, 0.1) is 13.0 Å². The molecule has 1 aliphatic carbocycles. The summed E-state index contributed by atoms with van der Waals surface area (Å²) in [4.78, 5) is 11.3. The van der Waals surface area contributed by atoms with Crippen LogP contribution in [-0.2, 0) is 9.53 Å². The number of hydrogen-bond donors (Lipinski definition) is 0. The van der Waals surface area contributed by atoms with E-state index in [2.05, 4.69) is 20.8 Å². The first-order chi connectivity index (χ1) is 6.56. The van der Waals surface area contributed by atoms with Crippen LogP contribution >= 0.6 is 0 Å². The van der Waals surface area contributed by atoms with Crippen molar-refractivity contribution >= 4 is 5.97 Å². The molecule has 0 aromatic carbocycles. The van der Waals surface area contributed by atoms with Crippen LogP contribution in [0.4, 0.5) is 0 Å². The van der Waals surface area contributed by atoms with Gasteiger partial charge in [0.1, 0.15) is 0 Å². The smallest absolute Gasteiger partial charge is 0.306 e. The number of ether oxygens (including phenoxy) is 1. The second-order valence-corrected chi connectivity index (χ2v) is 5.40. The molecule has 0 bridgehead atoms. The minimum atomic E-state index is 0.0180. The van der Waals surface area contributed by atoms with E-state index in [0.29, 0.717) is 30.8 Å². The summed E-state index contributed by atoms with van der Waals surface area (Å²) in [5.41, 5.74) is 0.186. The first-order valence-electron chi connectivity index (χ1n) is 5.72. The first-order valence-corrected chi connectivity index (χ1v) is 5.72. The molecular formula is C12H20O2. The fourth-order valence-electron chi connectivity index (χ4n) is 3.51. The molecule has 3 atom stereocenters. The predicted molar refractivity (Wildman–Crippen MR) is 54.7 cm³/mol. The van der Waals surface area contributed by atoms with Gasteiger partial charge in [-0.3, -0.25) is 4.79 Å². The van der Waals surface area contributed by atoms with Crippen LogP contribution in [-0.4, -0.2) is 12.6 Å². The third-order valence-corrected chi connectivity index (χ3v) is 4.41. The van der Waals surface area contributed by atoms with E-state index >= 15 is 0 Å². The van der Waals surface area contributed by atoms with Crippen molar-refractivity contribution in [2.45, 2.75) is 40.0 Å². The summed E-state index contributed by atoms with van der Waals surface area (Å²) in [6.45, 7) is 7.50. The van der Waals surface area contributed by atoms with E-state index in [1.807, 2.05) is 0 Å². The van der Waals surface area contributed by atoms with Crippen molar-refractivity contribution < 1.29 is 9.53 Å². The number of cyclic esters (lactones) is 1. The molecule has 0 amide bonds. The fraction of sp³-hybridized carbons (Fsp3) is 0.917. The fourth-order valence-corrected chi connectivity index (χ4v) is 3.51. The highest BCUT2D eigenvalue weighted by Gasteiger charge is 2.54. The maximum absolute atomic E-state index is 11.3. The Bertz CT molecular complexity index is 247. The Labute approximate surface area is 86.0 Å². The minimum absolute atomic E-state index is 0.0180. The molecule has 2 nitrogen and oxygen atoms in total. The molecule has 0 N–H and O–H groups in total. The largest absolute Gasteiger partial charge is 0.465 e. The van der Waals surface area contributed by atoms with Crippen LogP contribution in [0, 0.1) is 23.2 Å². The van der Waals surface area contributed by atoms with Crippen molar-refractivity contribution in [2.24, 2.45) is 23.2 Å². The summed E-state index contributed by atoms with van der Waals surface area (Å²) in [5, 5.41) is 0. The van der Waals surface area contributed by atoms with Gasteiger partial charge in [0.25, 0.3) is 0 Å². The monoisotopic (exact) mass is 196 g/mol. The third-order valence-electron chi connectivity index (χ3n) is 4.41.